The van der Waals surface area contributed by atoms with E-state index in [-0.39, 0.29) is 17.6 Å². The third-order valence-corrected chi connectivity index (χ3v) is 9.46. The van der Waals surface area contributed by atoms with E-state index in [0.717, 1.165) is 5.06 Å². The van der Waals surface area contributed by atoms with Crippen LogP contribution in [0.3, 0.4) is 0 Å². The highest BCUT2D eigenvalue weighted by Gasteiger charge is 2.42. The van der Waals surface area contributed by atoms with Crippen LogP contribution in [0.2, 0.25) is 18.1 Å². The quantitative estimate of drug-likeness (QED) is 0.339. The van der Waals surface area contributed by atoms with Gasteiger partial charge in [0.15, 0.2) is 14.4 Å². The zero-order valence-electron chi connectivity index (χ0n) is 20.0. The number of nitrogens with zero attached hydrogens (tertiary/aromatic N) is 1. The molecule has 0 N–H and O–H groups in total. The molecule has 7 nitrogen and oxygen atoms in total. The first-order chi connectivity index (χ1) is 13.6. The predicted molar refractivity (Wildman–Crippen MR) is 119 cm³/mol. The molecule has 170 valence electrons. The molecule has 1 aromatic carbocycles. The zero-order chi connectivity index (χ0) is 23.3. The summed E-state index contributed by atoms with van der Waals surface area (Å²) in [6, 6.07) is 6.64. The SMILES string of the molecule is CON(C)C(=O)c1ccc(OCC(O[Si](C)(C)C(C)(C)C)C(=O)OC(C)(C)C)cc1. The van der Waals surface area contributed by atoms with Crippen LogP contribution in [-0.4, -0.2) is 57.7 Å². The van der Waals surface area contributed by atoms with Gasteiger partial charge in [0, 0.05) is 12.6 Å². The molecule has 1 atom stereocenters. The van der Waals surface area contributed by atoms with Crippen LogP contribution < -0.4 is 4.74 Å². The van der Waals surface area contributed by atoms with E-state index in [4.69, 9.17) is 18.7 Å². The van der Waals surface area contributed by atoms with Gasteiger partial charge >= 0.3 is 5.97 Å². The Kier molecular flexibility index (Phi) is 8.65. The minimum Gasteiger partial charge on any atom is -0.490 e. The lowest BCUT2D eigenvalue weighted by molar-refractivity contribution is -0.165. The van der Waals surface area contributed by atoms with Gasteiger partial charge in [0.2, 0.25) is 0 Å². The van der Waals surface area contributed by atoms with Crippen molar-refractivity contribution in [2.75, 3.05) is 20.8 Å². The maximum absolute atomic E-state index is 12.8. The van der Waals surface area contributed by atoms with E-state index >= 15 is 0 Å². The first-order valence-electron chi connectivity index (χ1n) is 10.0. The van der Waals surface area contributed by atoms with Crippen LogP contribution in [0, 0.1) is 0 Å². The molecule has 0 aliphatic heterocycles. The molecule has 0 spiro atoms. The number of ether oxygens (including phenoxy) is 2. The molecule has 8 heteroatoms. The monoisotopic (exact) mass is 439 g/mol. The number of hydrogen-bond acceptors (Lipinski definition) is 6. The highest BCUT2D eigenvalue weighted by atomic mass is 28.4. The fraction of sp³-hybridized carbons (Fsp3) is 0.636. The summed E-state index contributed by atoms with van der Waals surface area (Å²) in [4.78, 5) is 29.8. The van der Waals surface area contributed by atoms with E-state index in [9.17, 15) is 9.59 Å². The second-order valence-electron chi connectivity index (χ2n) is 9.72. The number of carbonyl (C=O) groups is 2. The van der Waals surface area contributed by atoms with E-state index in [1.807, 2.05) is 20.8 Å². The first-order valence-corrected chi connectivity index (χ1v) is 12.9. The van der Waals surface area contributed by atoms with Crippen molar-refractivity contribution in [3.05, 3.63) is 29.8 Å². The molecular weight excluding hydrogens is 402 g/mol. The summed E-state index contributed by atoms with van der Waals surface area (Å²) in [5.74, 6) is -0.184. The van der Waals surface area contributed by atoms with Crippen molar-refractivity contribution in [2.24, 2.45) is 0 Å². The number of amides is 1. The lowest BCUT2D eigenvalue weighted by Gasteiger charge is -2.39. The lowest BCUT2D eigenvalue weighted by Crippen LogP contribution is -2.49. The van der Waals surface area contributed by atoms with E-state index in [0.29, 0.717) is 11.3 Å². The van der Waals surface area contributed by atoms with Gasteiger partial charge in [-0.15, -0.1) is 0 Å². The van der Waals surface area contributed by atoms with Gasteiger partial charge in [0.25, 0.3) is 5.91 Å². The number of esters is 1. The van der Waals surface area contributed by atoms with Crippen LogP contribution in [0.1, 0.15) is 51.9 Å². The average molecular weight is 440 g/mol. The van der Waals surface area contributed by atoms with Crippen molar-refractivity contribution in [3.8, 4) is 5.75 Å². The standard InChI is InChI=1S/C22H37NO6Si/c1-21(2,3)28-20(25)18(29-30(9,10)22(4,5)6)15-27-17-13-11-16(12-14-17)19(24)23(7)26-8/h11-14,18H,15H2,1-10H3. The summed E-state index contributed by atoms with van der Waals surface area (Å²) < 4.78 is 17.7. The number of benzene rings is 1. The topological polar surface area (TPSA) is 74.3 Å². The zero-order valence-corrected chi connectivity index (χ0v) is 21.0. The Hall–Kier alpha value is -1.90. The van der Waals surface area contributed by atoms with E-state index in [1.54, 1.807) is 24.3 Å². The molecule has 0 heterocycles. The Labute approximate surface area is 181 Å². The van der Waals surface area contributed by atoms with Gasteiger partial charge < -0.3 is 13.9 Å². The molecule has 30 heavy (non-hydrogen) atoms. The number of hydroxylamine groups is 2. The fourth-order valence-electron chi connectivity index (χ4n) is 2.18. The molecule has 0 aliphatic rings. The maximum atomic E-state index is 12.8. The van der Waals surface area contributed by atoms with Crippen LogP contribution in [0.4, 0.5) is 0 Å². The Morgan fingerprint density at radius 3 is 2.00 bits per heavy atom. The van der Waals surface area contributed by atoms with Crippen molar-refractivity contribution in [1.29, 1.82) is 0 Å². The third-order valence-electron chi connectivity index (χ3n) is 4.98. The van der Waals surface area contributed by atoms with Crippen molar-refractivity contribution < 1.29 is 28.3 Å². The number of hydrogen-bond donors (Lipinski definition) is 0. The van der Waals surface area contributed by atoms with Gasteiger partial charge in [0.05, 0.1) is 7.11 Å². The third kappa shape index (κ3) is 7.74. The molecule has 1 aromatic rings. The normalized spacial score (nSPS) is 13.5. The van der Waals surface area contributed by atoms with Crippen LogP contribution in [-0.2, 0) is 18.8 Å². The second-order valence-corrected chi connectivity index (χ2v) is 14.5. The van der Waals surface area contributed by atoms with Crippen molar-refractivity contribution >= 4 is 20.2 Å². The Bertz CT molecular complexity index is 719. The molecule has 1 rings (SSSR count). The molecule has 1 unspecified atom stereocenters. The highest BCUT2D eigenvalue weighted by molar-refractivity contribution is 6.74. The predicted octanol–water partition coefficient (Wildman–Crippen LogP) is 4.43. The Morgan fingerprint density at radius 1 is 1.03 bits per heavy atom. The van der Waals surface area contributed by atoms with Gasteiger partial charge in [0.1, 0.15) is 18.0 Å². The highest BCUT2D eigenvalue weighted by Crippen LogP contribution is 2.37. The Morgan fingerprint density at radius 2 is 1.57 bits per heavy atom. The lowest BCUT2D eigenvalue weighted by atomic mass is 10.2. The summed E-state index contributed by atoms with van der Waals surface area (Å²) in [5.41, 5.74) is -0.158. The van der Waals surface area contributed by atoms with Gasteiger partial charge in [-0.1, -0.05) is 20.8 Å². The van der Waals surface area contributed by atoms with E-state index in [1.165, 1.54) is 14.2 Å². The summed E-state index contributed by atoms with van der Waals surface area (Å²) in [7, 11) is 0.733. The van der Waals surface area contributed by atoms with Gasteiger partial charge in [-0.25, -0.2) is 9.86 Å². The molecule has 0 radical (unpaired) electrons. The van der Waals surface area contributed by atoms with Crippen LogP contribution in [0.15, 0.2) is 24.3 Å². The summed E-state index contributed by atoms with van der Waals surface area (Å²) in [5, 5.41) is 1.07. The number of carbonyl (C=O) groups excluding carboxylic acids is 2. The van der Waals surface area contributed by atoms with Crippen molar-refractivity contribution in [2.45, 2.75) is 71.4 Å². The molecule has 0 fully saturated rings. The Balaban J connectivity index is 2.94. The second kappa shape index (κ2) is 9.94. The minimum absolute atomic E-state index is 0.0205. The summed E-state index contributed by atoms with van der Waals surface area (Å²) in [6.45, 7) is 16.0. The average Bonchev–Trinajstić information content (AvgIpc) is 2.61. The molecule has 0 saturated heterocycles. The molecule has 0 bridgehead atoms. The minimum atomic E-state index is -2.23. The molecule has 0 saturated carbocycles. The molecule has 1 amide bonds. The largest absolute Gasteiger partial charge is 0.490 e. The molecular formula is C22H37NO6Si. The van der Waals surface area contributed by atoms with Crippen molar-refractivity contribution in [3.63, 3.8) is 0 Å². The smallest absolute Gasteiger partial charge is 0.338 e. The van der Waals surface area contributed by atoms with E-state index < -0.39 is 26.0 Å². The molecule has 0 aliphatic carbocycles. The van der Waals surface area contributed by atoms with Gasteiger partial charge in [-0.3, -0.25) is 9.63 Å². The van der Waals surface area contributed by atoms with Gasteiger partial charge in [-0.05, 0) is 63.2 Å². The van der Waals surface area contributed by atoms with Crippen molar-refractivity contribution in [1.82, 2.24) is 5.06 Å². The van der Waals surface area contributed by atoms with Gasteiger partial charge in [-0.2, -0.15) is 0 Å². The van der Waals surface area contributed by atoms with Crippen LogP contribution >= 0.6 is 0 Å². The fourth-order valence-corrected chi connectivity index (χ4v) is 3.41. The number of rotatable bonds is 8. The van der Waals surface area contributed by atoms with Crippen LogP contribution in [0.25, 0.3) is 0 Å². The first kappa shape index (κ1) is 26.1. The van der Waals surface area contributed by atoms with Crippen LogP contribution in [0.5, 0.6) is 5.75 Å². The summed E-state index contributed by atoms with van der Waals surface area (Å²) in [6.07, 6.45) is -0.842. The van der Waals surface area contributed by atoms with E-state index in [2.05, 4.69) is 33.9 Å². The molecule has 0 aromatic heterocycles. The summed E-state index contributed by atoms with van der Waals surface area (Å²) >= 11 is 0. The maximum Gasteiger partial charge on any atom is 0.338 e.